The van der Waals surface area contributed by atoms with E-state index in [0.29, 0.717) is 11.4 Å². The van der Waals surface area contributed by atoms with Gasteiger partial charge in [-0.25, -0.2) is 13.3 Å². The number of halogens is 6. The van der Waals surface area contributed by atoms with Crippen molar-refractivity contribution in [2.45, 2.75) is 35.6 Å². The molecule has 15 heteroatoms. The van der Waals surface area contributed by atoms with Gasteiger partial charge in [-0.1, -0.05) is 12.1 Å². The average Bonchev–Trinajstić information content (AvgIpc) is 2.92. The number of nitrogens with one attached hydrogen (secondary N) is 1. The van der Waals surface area contributed by atoms with Gasteiger partial charge in [-0.3, -0.25) is 0 Å². The first-order chi connectivity index (χ1) is 19.3. The Morgan fingerprint density at radius 2 is 1.66 bits per heavy atom. The molecule has 5 rings (SSSR count). The number of rotatable bonds is 5. The Kier molecular flexibility index (Phi) is 7.57. The molecule has 0 bridgehead atoms. The number of benzene rings is 3. The second-order valence-electron chi connectivity index (χ2n) is 9.17. The van der Waals surface area contributed by atoms with E-state index in [-0.39, 0.29) is 29.5 Å². The zero-order chi connectivity index (χ0) is 29.6. The van der Waals surface area contributed by atoms with Crippen LogP contribution in [0.15, 0.2) is 76.0 Å². The summed E-state index contributed by atoms with van der Waals surface area (Å²) < 4.78 is 114. The topological polar surface area (TPSA) is 92.6 Å². The van der Waals surface area contributed by atoms with E-state index >= 15 is 0 Å². The SMILES string of the molecule is CN=S(=O)(NC1COCC(N2c3ccccc3Oc3ccc(C(F)(F)F)cc32)C1O)c1ccc(OC(F)(F)F)cc1. The number of fused-ring (bicyclic) bond motifs is 2. The largest absolute Gasteiger partial charge is 0.573 e. The molecule has 8 nitrogen and oxygen atoms in total. The zero-order valence-corrected chi connectivity index (χ0v) is 22.0. The van der Waals surface area contributed by atoms with Crippen LogP contribution in [0.4, 0.5) is 37.7 Å². The van der Waals surface area contributed by atoms with Crippen molar-refractivity contribution >= 4 is 21.3 Å². The summed E-state index contributed by atoms with van der Waals surface area (Å²) >= 11 is 0. The minimum Gasteiger partial charge on any atom is -0.453 e. The third kappa shape index (κ3) is 5.93. The summed E-state index contributed by atoms with van der Waals surface area (Å²) in [4.78, 5) is 1.51. The fraction of sp³-hybridized carbons (Fsp3) is 0.308. The van der Waals surface area contributed by atoms with Crippen LogP contribution in [0, 0.1) is 0 Å². The number of para-hydroxylation sites is 2. The normalized spacial score (nSPS) is 22.1. The number of ether oxygens (including phenoxy) is 3. The highest BCUT2D eigenvalue weighted by molar-refractivity contribution is 7.91. The van der Waals surface area contributed by atoms with Crippen LogP contribution in [-0.2, 0) is 20.8 Å². The third-order valence-corrected chi connectivity index (χ3v) is 8.61. The van der Waals surface area contributed by atoms with Crippen molar-refractivity contribution in [1.29, 1.82) is 0 Å². The van der Waals surface area contributed by atoms with Crippen LogP contribution < -0.4 is 19.1 Å². The van der Waals surface area contributed by atoms with Crippen molar-refractivity contribution in [3.63, 3.8) is 0 Å². The quantitative estimate of drug-likeness (QED) is 0.367. The highest BCUT2D eigenvalue weighted by Crippen LogP contribution is 2.50. The molecule has 2 heterocycles. The van der Waals surface area contributed by atoms with E-state index in [1.54, 1.807) is 24.3 Å². The minimum absolute atomic E-state index is 0.0146. The van der Waals surface area contributed by atoms with Crippen LogP contribution in [0.5, 0.6) is 17.2 Å². The molecule has 0 aromatic heterocycles. The van der Waals surface area contributed by atoms with Crippen LogP contribution in [0.25, 0.3) is 0 Å². The molecule has 0 aliphatic carbocycles. The van der Waals surface area contributed by atoms with E-state index in [2.05, 4.69) is 13.8 Å². The van der Waals surface area contributed by atoms with E-state index in [1.807, 2.05) is 0 Å². The van der Waals surface area contributed by atoms with Crippen LogP contribution in [0.3, 0.4) is 0 Å². The molecule has 41 heavy (non-hydrogen) atoms. The molecule has 2 aliphatic rings. The molecule has 3 aromatic rings. The number of hydrogen-bond acceptors (Lipinski definition) is 7. The molecule has 220 valence electrons. The first kappa shape index (κ1) is 29.0. The van der Waals surface area contributed by atoms with Gasteiger partial charge in [0.2, 0.25) is 0 Å². The monoisotopic (exact) mass is 603 g/mol. The van der Waals surface area contributed by atoms with E-state index in [4.69, 9.17) is 9.47 Å². The summed E-state index contributed by atoms with van der Waals surface area (Å²) in [5, 5.41) is 11.5. The second kappa shape index (κ2) is 10.7. The Balaban J connectivity index is 1.46. The first-order valence-corrected chi connectivity index (χ1v) is 13.6. The van der Waals surface area contributed by atoms with Crippen molar-refractivity contribution in [3.8, 4) is 17.2 Å². The van der Waals surface area contributed by atoms with E-state index in [0.717, 1.165) is 36.4 Å². The molecule has 2 N–H and O–H groups in total. The number of aliphatic hydroxyl groups excluding tert-OH is 1. The van der Waals surface area contributed by atoms with Gasteiger partial charge < -0.3 is 24.2 Å². The van der Waals surface area contributed by atoms with Crippen molar-refractivity contribution in [3.05, 3.63) is 72.3 Å². The molecular weight excluding hydrogens is 580 g/mol. The predicted octanol–water partition coefficient (Wildman–Crippen LogP) is 5.64. The molecule has 0 amide bonds. The molecule has 4 unspecified atom stereocenters. The number of hydrogen-bond donors (Lipinski definition) is 2. The summed E-state index contributed by atoms with van der Waals surface area (Å²) in [6.07, 6.45) is -10.9. The second-order valence-corrected chi connectivity index (χ2v) is 11.3. The predicted molar refractivity (Wildman–Crippen MR) is 136 cm³/mol. The standard InChI is InChI=1S/C26H23F6N3O5S/c1-33-41(37,17-9-7-16(8-10-17)40-26(30,31)32)34-18-13-38-14-21(24(18)36)35-19-4-2-3-5-22(19)39-23-11-6-15(12-20(23)35)25(27,28)29/h2-12,18,21,24,36H,13-14H2,1H3,(H,33,34,37). The fourth-order valence-electron chi connectivity index (χ4n) is 4.69. The smallest absolute Gasteiger partial charge is 0.453 e. The number of anilines is 2. The van der Waals surface area contributed by atoms with E-state index < -0.39 is 52.0 Å². The van der Waals surface area contributed by atoms with Crippen molar-refractivity contribution < 1.29 is 49.9 Å². The molecule has 3 aromatic carbocycles. The summed E-state index contributed by atoms with van der Waals surface area (Å²) in [6, 6.07) is 11.9. The number of aliphatic hydroxyl groups is 1. The van der Waals surface area contributed by atoms with Crippen LogP contribution in [-0.4, -0.2) is 54.1 Å². The molecule has 1 fully saturated rings. The first-order valence-electron chi connectivity index (χ1n) is 12.1. The van der Waals surface area contributed by atoms with Gasteiger partial charge in [-0.15, -0.1) is 13.2 Å². The van der Waals surface area contributed by atoms with E-state index in [1.165, 1.54) is 18.0 Å². The lowest BCUT2D eigenvalue weighted by molar-refractivity contribution is -0.274. The molecule has 4 atom stereocenters. The number of nitrogens with zero attached hydrogens (tertiary/aromatic N) is 2. The Hall–Kier alpha value is -3.53. The van der Waals surface area contributed by atoms with E-state index in [9.17, 15) is 35.7 Å². The summed E-state index contributed by atoms with van der Waals surface area (Å²) in [6.45, 7) is -0.238. The molecule has 1 saturated heterocycles. The zero-order valence-electron chi connectivity index (χ0n) is 21.1. The Bertz CT molecular complexity index is 1540. The summed E-state index contributed by atoms with van der Waals surface area (Å²) in [7, 11) is -2.26. The van der Waals surface area contributed by atoms with Crippen molar-refractivity contribution in [1.82, 2.24) is 4.72 Å². The molecular formula is C26H23F6N3O5S. The van der Waals surface area contributed by atoms with Crippen LogP contribution in [0.2, 0.25) is 0 Å². The van der Waals surface area contributed by atoms with Gasteiger partial charge in [-0.05, 0) is 54.6 Å². The van der Waals surface area contributed by atoms with Gasteiger partial charge >= 0.3 is 12.5 Å². The van der Waals surface area contributed by atoms with Gasteiger partial charge in [0.1, 0.15) is 15.7 Å². The third-order valence-electron chi connectivity index (χ3n) is 6.56. The lowest BCUT2D eigenvalue weighted by Crippen LogP contribution is -2.60. The van der Waals surface area contributed by atoms with Crippen LogP contribution in [0.1, 0.15) is 5.56 Å². The maximum Gasteiger partial charge on any atom is 0.573 e. The molecule has 0 saturated carbocycles. The fourth-order valence-corrected chi connectivity index (χ4v) is 6.26. The lowest BCUT2D eigenvalue weighted by Gasteiger charge is -2.44. The van der Waals surface area contributed by atoms with Gasteiger partial charge in [-0.2, -0.15) is 13.2 Å². The Morgan fingerprint density at radius 1 is 0.976 bits per heavy atom. The van der Waals surface area contributed by atoms with Crippen molar-refractivity contribution in [2.75, 3.05) is 25.2 Å². The minimum atomic E-state index is -4.91. The summed E-state index contributed by atoms with van der Waals surface area (Å²) in [5.74, 6) is -0.0499. The van der Waals surface area contributed by atoms with Gasteiger partial charge in [0.05, 0.1) is 53.2 Å². The van der Waals surface area contributed by atoms with Crippen LogP contribution >= 0.6 is 0 Å². The molecule has 0 radical (unpaired) electrons. The van der Waals surface area contributed by atoms with Crippen molar-refractivity contribution in [2.24, 2.45) is 4.36 Å². The Labute approximate surface area is 230 Å². The maximum absolute atomic E-state index is 13.7. The van der Waals surface area contributed by atoms with Gasteiger partial charge in [0.25, 0.3) is 0 Å². The highest BCUT2D eigenvalue weighted by Gasteiger charge is 2.43. The van der Waals surface area contributed by atoms with Gasteiger partial charge in [0, 0.05) is 7.05 Å². The van der Waals surface area contributed by atoms with Gasteiger partial charge in [0.15, 0.2) is 11.5 Å². The Morgan fingerprint density at radius 3 is 2.32 bits per heavy atom. The lowest BCUT2D eigenvalue weighted by atomic mass is 9.98. The molecule has 0 spiro atoms. The molecule has 2 aliphatic heterocycles. The maximum atomic E-state index is 13.7. The highest BCUT2D eigenvalue weighted by atomic mass is 32.2. The summed E-state index contributed by atoms with van der Waals surface area (Å²) in [5.41, 5.74) is -0.488. The number of alkyl halides is 6. The average molecular weight is 604 g/mol.